The zero-order valence-corrected chi connectivity index (χ0v) is 7.79. The van der Waals surface area contributed by atoms with E-state index in [4.69, 9.17) is 0 Å². The van der Waals surface area contributed by atoms with Crippen LogP contribution in [0.5, 0.6) is 0 Å². The Labute approximate surface area is 77.2 Å². The predicted molar refractivity (Wildman–Crippen MR) is 49.8 cm³/mol. The lowest BCUT2D eigenvalue weighted by Gasteiger charge is -2.11. The Bertz CT molecular complexity index is 378. The molecule has 0 saturated heterocycles. The maximum atomic E-state index is 11.6. The molecule has 1 aromatic carbocycles. The van der Waals surface area contributed by atoms with Gasteiger partial charge in [-0.05, 0) is 19.4 Å². The molecular formula is C11H12O2. The Hall–Kier alpha value is -1.15. The number of carbonyl (C=O) groups is 1. The van der Waals surface area contributed by atoms with Gasteiger partial charge in [0.15, 0.2) is 5.78 Å². The zero-order valence-electron chi connectivity index (χ0n) is 7.79. The van der Waals surface area contributed by atoms with Crippen LogP contribution in [-0.4, -0.2) is 16.5 Å². The van der Waals surface area contributed by atoms with E-state index in [1.54, 1.807) is 13.0 Å². The molecule has 1 N–H and O–H groups in total. The topological polar surface area (TPSA) is 37.3 Å². The smallest absolute Gasteiger partial charge is 0.194 e. The monoisotopic (exact) mass is 176 g/mol. The first-order valence-electron chi connectivity index (χ1n) is 4.37. The van der Waals surface area contributed by atoms with E-state index < -0.39 is 5.60 Å². The quantitative estimate of drug-likeness (QED) is 0.650. The van der Waals surface area contributed by atoms with Crippen molar-refractivity contribution in [3.8, 4) is 0 Å². The second kappa shape index (κ2) is 2.42. The summed E-state index contributed by atoms with van der Waals surface area (Å²) in [5.41, 5.74) is 1.59. The van der Waals surface area contributed by atoms with Crippen molar-refractivity contribution >= 4 is 5.78 Å². The standard InChI is InChI=1S/C11H12O2/c1-7-3-4-9-8(5-7)6-11(2,13)10(9)12/h3-5,13H,6H2,1-2H3. The van der Waals surface area contributed by atoms with E-state index in [0.717, 1.165) is 11.1 Å². The largest absolute Gasteiger partial charge is 0.382 e. The average molecular weight is 176 g/mol. The summed E-state index contributed by atoms with van der Waals surface area (Å²) in [5.74, 6) is -0.150. The molecule has 2 heteroatoms. The van der Waals surface area contributed by atoms with E-state index in [9.17, 15) is 9.90 Å². The fourth-order valence-electron chi connectivity index (χ4n) is 1.83. The Morgan fingerprint density at radius 2 is 2.15 bits per heavy atom. The van der Waals surface area contributed by atoms with Crippen molar-refractivity contribution in [3.05, 3.63) is 34.9 Å². The van der Waals surface area contributed by atoms with Crippen LogP contribution in [0.4, 0.5) is 0 Å². The molecule has 0 bridgehead atoms. The molecule has 1 aliphatic rings. The minimum atomic E-state index is -1.18. The molecule has 0 aromatic heterocycles. The molecule has 13 heavy (non-hydrogen) atoms. The third-order valence-electron chi connectivity index (χ3n) is 2.53. The van der Waals surface area contributed by atoms with Gasteiger partial charge in [-0.2, -0.15) is 0 Å². The highest BCUT2D eigenvalue weighted by Gasteiger charge is 2.39. The van der Waals surface area contributed by atoms with Crippen LogP contribution in [0.25, 0.3) is 0 Å². The molecule has 0 spiro atoms. The number of fused-ring (bicyclic) bond motifs is 1. The molecule has 0 fully saturated rings. The molecule has 68 valence electrons. The van der Waals surface area contributed by atoms with E-state index in [2.05, 4.69) is 0 Å². The van der Waals surface area contributed by atoms with Gasteiger partial charge in [-0.3, -0.25) is 4.79 Å². The van der Waals surface area contributed by atoms with E-state index in [0.29, 0.717) is 12.0 Å². The predicted octanol–water partition coefficient (Wildman–Crippen LogP) is 1.48. The SMILES string of the molecule is Cc1ccc2c(c1)CC(C)(O)C2=O. The van der Waals surface area contributed by atoms with Crippen molar-refractivity contribution in [3.63, 3.8) is 0 Å². The van der Waals surface area contributed by atoms with E-state index in [1.165, 1.54) is 0 Å². The van der Waals surface area contributed by atoms with Crippen LogP contribution in [0.2, 0.25) is 0 Å². The molecule has 0 radical (unpaired) electrons. The fourth-order valence-corrected chi connectivity index (χ4v) is 1.83. The van der Waals surface area contributed by atoms with Gasteiger partial charge in [-0.25, -0.2) is 0 Å². The summed E-state index contributed by atoms with van der Waals surface area (Å²) in [6.07, 6.45) is 0.447. The lowest BCUT2D eigenvalue weighted by atomic mass is 10.0. The van der Waals surface area contributed by atoms with Crippen LogP contribution in [0.1, 0.15) is 28.4 Å². The number of hydrogen-bond donors (Lipinski definition) is 1. The highest BCUT2D eigenvalue weighted by molar-refractivity contribution is 6.06. The molecule has 1 unspecified atom stereocenters. The summed E-state index contributed by atoms with van der Waals surface area (Å²) in [6.45, 7) is 3.56. The number of Topliss-reactive ketones (excluding diaryl/α,β-unsaturated/α-hetero) is 1. The Balaban J connectivity index is 2.57. The molecule has 0 aliphatic heterocycles. The lowest BCUT2D eigenvalue weighted by molar-refractivity contribution is 0.0461. The molecule has 0 amide bonds. The third-order valence-corrected chi connectivity index (χ3v) is 2.53. The zero-order chi connectivity index (χ0) is 9.64. The van der Waals surface area contributed by atoms with Gasteiger partial charge >= 0.3 is 0 Å². The van der Waals surface area contributed by atoms with Crippen molar-refractivity contribution in [2.24, 2.45) is 0 Å². The van der Waals surface area contributed by atoms with Crippen molar-refractivity contribution in [1.29, 1.82) is 0 Å². The van der Waals surface area contributed by atoms with E-state index in [1.807, 2.05) is 19.1 Å². The van der Waals surface area contributed by atoms with Crippen molar-refractivity contribution < 1.29 is 9.90 Å². The summed E-state index contributed by atoms with van der Waals surface area (Å²) in [6, 6.07) is 5.67. The molecule has 2 rings (SSSR count). The fraction of sp³-hybridized carbons (Fsp3) is 0.364. The van der Waals surface area contributed by atoms with Gasteiger partial charge in [0.25, 0.3) is 0 Å². The molecule has 2 nitrogen and oxygen atoms in total. The van der Waals surface area contributed by atoms with Gasteiger partial charge in [0.2, 0.25) is 0 Å². The number of aliphatic hydroxyl groups is 1. The summed E-state index contributed by atoms with van der Waals surface area (Å²) in [7, 11) is 0. The van der Waals surface area contributed by atoms with Gasteiger partial charge in [-0.1, -0.05) is 23.8 Å². The summed E-state index contributed by atoms with van der Waals surface area (Å²) >= 11 is 0. The molecule has 1 aliphatic carbocycles. The second-order valence-corrected chi connectivity index (χ2v) is 3.94. The highest BCUT2D eigenvalue weighted by Crippen LogP contribution is 2.30. The molecule has 1 aromatic rings. The van der Waals surface area contributed by atoms with Crippen LogP contribution in [0, 0.1) is 6.92 Å². The molecule has 0 heterocycles. The lowest BCUT2D eigenvalue weighted by Crippen LogP contribution is -2.31. The number of aryl methyl sites for hydroxylation is 1. The Kier molecular flexibility index (Phi) is 1.57. The second-order valence-electron chi connectivity index (χ2n) is 3.94. The van der Waals surface area contributed by atoms with Crippen LogP contribution in [0.3, 0.4) is 0 Å². The van der Waals surface area contributed by atoms with E-state index in [-0.39, 0.29) is 5.78 Å². The number of rotatable bonds is 0. The Morgan fingerprint density at radius 3 is 2.85 bits per heavy atom. The summed E-state index contributed by atoms with van der Waals surface area (Å²) < 4.78 is 0. The van der Waals surface area contributed by atoms with Crippen LogP contribution in [-0.2, 0) is 6.42 Å². The minimum Gasteiger partial charge on any atom is -0.382 e. The highest BCUT2D eigenvalue weighted by atomic mass is 16.3. The van der Waals surface area contributed by atoms with Gasteiger partial charge in [0.05, 0.1) is 0 Å². The van der Waals surface area contributed by atoms with Gasteiger partial charge in [-0.15, -0.1) is 0 Å². The normalized spacial score (nSPS) is 26.2. The maximum absolute atomic E-state index is 11.6. The third kappa shape index (κ3) is 1.18. The maximum Gasteiger partial charge on any atom is 0.194 e. The van der Waals surface area contributed by atoms with Crippen LogP contribution in [0.15, 0.2) is 18.2 Å². The van der Waals surface area contributed by atoms with Crippen LogP contribution >= 0.6 is 0 Å². The molecule has 1 atom stereocenters. The first kappa shape index (κ1) is 8.45. The summed E-state index contributed by atoms with van der Waals surface area (Å²) in [5, 5.41) is 9.73. The van der Waals surface area contributed by atoms with Gasteiger partial charge in [0.1, 0.15) is 5.60 Å². The van der Waals surface area contributed by atoms with Crippen molar-refractivity contribution in [1.82, 2.24) is 0 Å². The Morgan fingerprint density at radius 1 is 1.46 bits per heavy atom. The first-order valence-corrected chi connectivity index (χ1v) is 4.37. The van der Waals surface area contributed by atoms with Crippen molar-refractivity contribution in [2.75, 3.05) is 0 Å². The van der Waals surface area contributed by atoms with Crippen molar-refractivity contribution in [2.45, 2.75) is 25.9 Å². The average Bonchev–Trinajstić information content (AvgIpc) is 2.22. The van der Waals surface area contributed by atoms with E-state index >= 15 is 0 Å². The number of benzene rings is 1. The minimum absolute atomic E-state index is 0.150. The van der Waals surface area contributed by atoms with Crippen LogP contribution < -0.4 is 0 Å². The summed E-state index contributed by atoms with van der Waals surface area (Å²) in [4.78, 5) is 11.6. The number of hydrogen-bond acceptors (Lipinski definition) is 2. The van der Waals surface area contributed by atoms with Gasteiger partial charge in [0, 0.05) is 12.0 Å². The number of ketones is 1. The molecule has 0 saturated carbocycles. The number of carbonyl (C=O) groups excluding carboxylic acids is 1. The first-order chi connectivity index (χ1) is 6.00. The molecular weight excluding hydrogens is 164 g/mol. The van der Waals surface area contributed by atoms with Gasteiger partial charge < -0.3 is 5.11 Å².